The first kappa shape index (κ1) is 12.9. The first-order valence-electron chi connectivity index (χ1n) is 6.52. The van der Waals surface area contributed by atoms with Crippen LogP contribution in [0.25, 0.3) is 0 Å². The van der Waals surface area contributed by atoms with Crippen LogP contribution >= 0.6 is 0 Å². The Bertz CT molecular complexity index is 318. The van der Waals surface area contributed by atoms with Gasteiger partial charge in [-0.3, -0.25) is 9.20 Å². The van der Waals surface area contributed by atoms with Crippen LogP contribution in [0, 0.1) is 0 Å². The van der Waals surface area contributed by atoms with Gasteiger partial charge in [-0.25, -0.2) is 0 Å². The van der Waals surface area contributed by atoms with Gasteiger partial charge < -0.3 is 10.6 Å². The molecule has 1 unspecified atom stereocenters. The van der Waals surface area contributed by atoms with Crippen molar-refractivity contribution in [2.24, 2.45) is 10.7 Å². The van der Waals surface area contributed by atoms with Crippen LogP contribution in [0.5, 0.6) is 0 Å². The summed E-state index contributed by atoms with van der Waals surface area (Å²) in [6, 6.07) is 0. The molecule has 0 spiro atoms. The van der Waals surface area contributed by atoms with E-state index >= 15 is 0 Å². The molecule has 98 valence electrons. The first-order valence-corrected chi connectivity index (χ1v) is 8.08. The van der Waals surface area contributed by atoms with Gasteiger partial charge in [0.2, 0.25) is 0 Å². The summed E-state index contributed by atoms with van der Waals surface area (Å²) < 4.78 is 11.5. The molecule has 0 aromatic rings. The number of guanidine groups is 1. The van der Waals surface area contributed by atoms with Gasteiger partial charge in [0.05, 0.1) is 11.3 Å². The fourth-order valence-electron chi connectivity index (χ4n) is 2.30. The van der Waals surface area contributed by atoms with Gasteiger partial charge in [-0.05, 0) is 25.7 Å². The van der Waals surface area contributed by atoms with Crippen molar-refractivity contribution in [1.82, 2.24) is 4.90 Å². The summed E-state index contributed by atoms with van der Waals surface area (Å²) in [5.41, 5.74) is 6.03. The van der Waals surface area contributed by atoms with Crippen LogP contribution in [-0.2, 0) is 10.8 Å². The number of hydrogen-bond donors (Lipinski definition) is 1. The van der Waals surface area contributed by atoms with Gasteiger partial charge in [-0.15, -0.1) is 0 Å². The molecule has 5 heteroatoms. The second-order valence-corrected chi connectivity index (χ2v) is 6.99. The number of nitrogens with two attached hydrogens (primary N) is 1. The molecular weight excluding hydrogens is 234 g/mol. The Labute approximate surface area is 106 Å². The molecule has 2 fully saturated rings. The molecule has 1 heterocycles. The van der Waals surface area contributed by atoms with Gasteiger partial charge >= 0.3 is 0 Å². The largest absolute Gasteiger partial charge is 0.370 e. The summed E-state index contributed by atoms with van der Waals surface area (Å²) in [4.78, 5) is 6.65. The van der Waals surface area contributed by atoms with E-state index in [9.17, 15) is 4.21 Å². The average molecular weight is 257 g/mol. The molecule has 0 radical (unpaired) electrons. The third-order valence-corrected chi connectivity index (χ3v) is 5.63. The van der Waals surface area contributed by atoms with Gasteiger partial charge in [0.15, 0.2) is 5.96 Å². The topological polar surface area (TPSA) is 58.7 Å². The van der Waals surface area contributed by atoms with E-state index in [4.69, 9.17) is 5.73 Å². The van der Waals surface area contributed by atoms with Crippen molar-refractivity contribution in [3.8, 4) is 0 Å². The van der Waals surface area contributed by atoms with Crippen LogP contribution in [0.4, 0.5) is 0 Å². The molecule has 0 aromatic heterocycles. The third kappa shape index (κ3) is 3.21. The Balaban J connectivity index is 1.90. The maximum Gasteiger partial charge on any atom is 0.191 e. The van der Waals surface area contributed by atoms with E-state index < -0.39 is 10.8 Å². The van der Waals surface area contributed by atoms with Crippen LogP contribution in [0.1, 0.15) is 38.5 Å². The summed E-state index contributed by atoms with van der Waals surface area (Å²) in [6.45, 7) is 2.69. The summed E-state index contributed by atoms with van der Waals surface area (Å²) in [7, 11) is -0.771. The summed E-state index contributed by atoms with van der Waals surface area (Å²) in [5.74, 6) is 0.656. The lowest BCUT2D eigenvalue weighted by atomic mass is 10.2. The molecule has 4 nitrogen and oxygen atoms in total. The van der Waals surface area contributed by atoms with Gasteiger partial charge in [0.25, 0.3) is 0 Å². The average Bonchev–Trinajstić information content (AvgIpc) is 3.11. The molecule has 1 aliphatic carbocycles. The summed E-state index contributed by atoms with van der Waals surface area (Å²) >= 11 is 0. The number of aliphatic imine (C=N–C) groups is 1. The predicted molar refractivity (Wildman–Crippen MR) is 72.6 cm³/mol. The van der Waals surface area contributed by atoms with Crippen molar-refractivity contribution in [2.75, 3.05) is 25.9 Å². The molecule has 1 saturated heterocycles. The van der Waals surface area contributed by atoms with Gasteiger partial charge in [0.1, 0.15) is 0 Å². The Morgan fingerprint density at radius 3 is 2.35 bits per heavy atom. The van der Waals surface area contributed by atoms with E-state index in [0.29, 0.717) is 12.5 Å². The lowest BCUT2D eigenvalue weighted by Gasteiger charge is -2.21. The van der Waals surface area contributed by atoms with Gasteiger partial charge in [-0.1, -0.05) is 12.8 Å². The minimum Gasteiger partial charge on any atom is -0.370 e. The second kappa shape index (κ2) is 5.38. The lowest BCUT2D eigenvalue weighted by molar-refractivity contribution is 0.428. The Morgan fingerprint density at radius 2 is 1.88 bits per heavy atom. The van der Waals surface area contributed by atoms with Crippen LogP contribution in [0.15, 0.2) is 4.99 Å². The fourth-order valence-corrected chi connectivity index (χ4v) is 3.22. The third-order valence-electron chi connectivity index (χ3n) is 3.88. The Hall–Kier alpha value is -0.580. The van der Waals surface area contributed by atoms with Crippen LogP contribution in [0.2, 0.25) is 0 Å². The maximum atomic E-state index is 11.6. The molecule has 0 amide bonds. The van der Waals surface area contributed by atoms with Crippen molar-refractivity contribution in [1.29, 1.82) is 0 Å². The number of rotatable bonds is 3. The highest BCUT2D eigenvalue weighted by atomic mass is 32.2. The van der Waals surface area contributed by atoms with Crippen molar-refractivity contribution in [3.05, 3.63) is 0 Å². The highest BCUT2D eigenvalue weighted by molar-refractivity contribution is 7.86. The van der Waals surface area contributed by atoms with Crippen molar-refractivity contribution in [3.63, 3.8) is 0 Å². The van der Waals surface area contributed by atoms with E-state index in [0.717, 1.165) is 25.9 Å². The molecule has 0 aromatic carbocycles. The van der Waals surface area contributed by atoms with Gasteiger partial charge in [0, 0.05) is 30.1 Å². The highest BCUT2D eigenvalue weighted by Crippen LogP contribution is 2.41. The minimum absolute atomic E-state index is 0.0452. The summed E-state index contributed by atoms with van der Waals surface area (Å²) in [6.07, 6.45) is 8.87. The van der Waals surface area contributed by atoms with Crippen molar-refractivity contribution in [2.45, 2.75) is 43.3 Å². The predicted octanol–water partition coefficient (Wildman–Crippen LogP) is 1.09. The van der Waals surface area contributed by atoms with Crippen LogP contribution in [0.3, 0.4) is 0 Å². The molecular formula is C12H23N3OS. The lowest BCUT2D eigenvalue weighted by Crippen LogP contribution is -2.39. The van der Waals surface area contributed by atoms with E-state index in [1.54, 1.807) is 6.26 Å². The Morgan fingerprint density at radius 1 is 1.29 bits per heavy atom. The molecule has 2 aliphatic rings. The molecule has 1 atom stereocenters. The monoisotopic (exact) mass is 257 g/mol. The standard InChI is InChI=1S/C12H23N3OS/c1-17(16)12(6-7-12)10-14-11(13)15-8-4-2-3-5-9-15/h2-10H2,1H3,(H2,13,14). The van der Waals surface area contributed by atoms with Crippen LogP contribution in [-0.4, -0.2) is 45.7 Å². The van der Waals surface area contributed by atoms with Crippen molar-refractivity contribution >= 4 is 16.8 Å². The van der Waals surface area contributed by atoms with Crippen molar-refractivity contribution < 1.29 is 4.21 Å². The number of nitrogens with zero attached hydrogens (tertiary/aromatic N) is 2. The zero-order chi connectivity index (χ0) is 12.3. The van der Waals surface area contributed by atoms with E-state index in [1.165, 1.54) is 25.7 Å². The number of hydrogen-bond acceptors (Lipinski definition) is 2. The van der Waals surface area contributed by atoms with Crippen LogP contribution < -0.4 is 5.73 Å². The van der Waals surface area contributed by atoms with E-state index in [1.807, 2.05) is 0 Å². The molecule has 1 aliphatic heterocycles. The highest BCUT2D eigenvalue weighted by Gasteiger charge is 2.46. The molecule has 0 bridgehead atoms. The smallest absolute Gasteiger partial charge is 0.191 e. The minimum atomic E-state index is -0.771. The SMILES string of the molecule is CS(=O)C1(CN=C(N)N2CCCCCC2)CC1. The first-order chi connectivity index (χ1) is 8.14. The molecule has 17 heavy (non-hydrogen) atoms. The quantitative estimate of drug-likeness (QED) is 0.608. The number of likely N-dealkylation sites (tertiary alicyclic amines) is 1. The van der Waals surface area contributed by atoms with E-state index in [2.05, 4.69) is 9.89 Å². The zero-order valence-corrected chi connectivity index (χ0v) is 11.5. The fraction of sp³-hybridized carbons (Fsp3) is 0.917. The van der Waals surface area contributed by atoms with Gasteiger partial charge in [-0.2, -0.15) is 0 Å². The second-order valence-electron chi connectivity index (χ2n) is 5.21. The Kier molecular flexibility index (Phi) is 4.07. The molecule has 2 rings (SSSR count). The van der Waals surface area contributed by atoms with E-state index in [-0.39, 0.29) is 4.75 Å². The maximum absolute atomic E-state index is 11.6. The molecule has 2 N–H and O–H groups in total. The summed E-state index contributed by atoms with van der Waals surface area (Å²) in [5, 5.41) is 0. The molecule has 1 saturated carbocycles. The zero-order valence-electron chi connectivity index (χ0n) is 10.7. The normalized spacial score (nSPS) is 26.4.